The van der Waals surface area contributed by atoms with Gasteiger partial charge in [-0.3, -0.25) is 4.79 Å². The van der Waals surface area contributed by atoms with Gasteiger partial charge in [0.1, 0.15) is 42.7 Å². The average Bonchev–Trinajstić information content (AvgIpc) is 3.22. The average molecular weight is 959 g/mol. The highest BCUT2D eigenvalue weighted by Crippen LogP contribution is 2.26. The Morgan fingerprint density at radius 3 is 1.40 bits per heavy atom. The van der Waals surface area contributed by atoms with Crippen LogP contribution in [-0.4, -0.2) is 250 Å². The van der Waals surface area contributed by atoms with E-state index >= 15 is 0 Å². The number of ether oxygens (including phenoxy) is 5. The lowest BCUT2D eigenvalue weighted by Gasteiger charge is -2.40. The first-order chi connectivity index (χ1) is 28.7. The molecule has 1 amide bonds. The summed E-state index contributed by atoms with van der Waals surface area (Å²) < 4.78 is 26.3. The molecule has 20 nitrogen and oxygen atoms in total. The molecule has 0 radical (unpaired) electrons. The molecular formula is C39H78N2O18S3. The van der Waals surface area contributed by atoms with E-state index in [1.807, 2.05) is 21.0 Å². The fourth-order valence-electron chi connectivity index (χ4n) is 7.36. The number of carbonyl (C=O) groups is 1. The lowest BCUT2D eigenvalue weighted by atomic mass is 9.94. The molecule has 13 N–H and O–H groups in total. The van der Waals surface area contributed by atoms with Crippen LogP contribution in [0.15, 0.2) is 0 Å². The zero-order chi connectivity index (χ0) is 48.1. The Labute approximate surface area is 382 Å². The molecule has 23 unspecified atom stereocenters. The maximum atomic E-state index is 10.8. The van der Waals surface area contributed by atoms with Crippen molar-refractivity contribution in [1.29, 1.82) is 0 Å². The number of carbonyl (C=O) groups excluding carboxylic acids is 1. The number of aliphatic hydroxyl groups excluding tert-OH is 12. The van der Waals surface area contributed by atoms with Crippen molar-refractivity contribution < 1.29 is 89.8 Å². The highest BCUT2D eigenvalue weighted by molar-refractivity contribution is 7.81. The van der Waals surface area contributed by atoms with Crippen molar-refractivity contribution in [3.05, 3.63) is 0 Å². The molecule has 370 valence electrons. The van der Waals surface area contributed by atoms with Crippen LogP contribution in [0.1, 0.15) is 61.8 Å². The molecule has 23 atom stereocenters. The van der Waals surface area contributed by atoms with Crippen LogP contribution in [-0.2, 0) is 28.5 Å². The van der Waals surface area contributed by atoms with Gasteiger partial charge >= 0.3 is 0 Å². The zero-order valence-electron chi connectivity index (χ0n) is 37.3. The Morgan fingerprint density at radius 1 is 0.532 bits per heavy atom. The Morgan fingerprint density at radius 2 is 0.952 bits per heavy atom. The van der Waals surface area contributed by atoms with Crippen LogP contribution >= 0.6 is 37.9 Å². The number of aliphatic hydroxyl groups is 12. The summed E-state index contributed by atoms with van der Waals surface area (Å²) in [7, 11) is 4.00. The molecule has 62 heavy (non-hydrogen) atoms. The van der Waals surface area contributed by atoms with E-state index in [0.717, 1.165) is 6.42 Å². The van der Waals surface area contributed by atoms with Crippen LogP contribution < -0.4 is 5.32 Å². The van der Waals surface area contributed by atoms with E-state index in [4.69, 9.17) is 33.9 Å². The molecule has 0 aromatic heterocycles. The third-order valence-corrected chi connectivity index (χ3v) is 13.1. The van der Waals surface area contributed by atoms with Gasteiger partial charge in [-0.05, 0) is 69.0 Å². The van der Waals surface area contributed by atoms with Crippen molar-refractivity contribution in [2.75, 3.05) is 33.1 Å². The van der Waals surface area contributed by atoms with Crippen LogP contribution in [0.25, 0.3) is 0 Å². The second-order valence-corrected chi connectivity index (χ2v) is 18.3. The van der Waals surface area contributed by atoms with Crippen LogP contribution in [0.3, 0.4) is 0 Å². The molecule has 5 saturated heterocycles. The molecule has 5 fully saturated rings. The molecule has 0 aromatic rings. The Kier molecular flexibility index (Phi) is 27.2. The summed E-state index contributed by atoms with van der Waals surface area (Å²) in [5.41, 5.74) is 0. The number of hydrogen-bond donors (Lipinski definition) is 16. The quantitative estimate of drug-likeness (QED) is 0.116. The minimum Gasteiger partial charge on any atom is -0.394 e. The zero-order valence-corrected chi connectivity index (χ0v) is 40.0. The molecule has 23 heteroatoms. The fourth-order valence-corrected chi connectivity index (χ4v) is 8.44. The molecular weight excluding hydrogens is 881 g/mol. The summed E-state index contributed by atoms with van der Waals surface area (Å²) in [4.78, 5) is 12.9. The van der Waals surface area contributed by atoms with Crippen LogP contribution in [0, 0.1) is 0 Å². The van der Waals surface area contributed by atoms with E-state index in [-0.39, 0.29) is 55.7 Å². The van der Waals surface area contributed by atoms with Gasteiger partial charge in [0.15, 0.2) is 0 Å². The first-order valence-electron chi connectivity index (χ1n) is 20.9. The number of nitrogens with one attached hydrogen (secondary N) is 1. The molecule has 5 rings (SSSR count). The van der Waals surface area contributed by atoms with E-state index in [2.05, 4.69) is 55.0 Å². The predicted octanol–water partition coefficient (Wildman–Crippen LogP) is -4.15. The van der Waals surface area contributed by atoms with E-state index < -0.39 is 108 Å². The first-order valence-corrected chi connectivity index (χ1v) is 22.5. The van der Waals surface area contributed by atoms with Crippen LogP contribution in [0.5, 0.6) is 0 Å². The minimum absolute atomic E-state index is 0.0406. The van der Waals surface area contributed by atoms with Crippen molar-refractivity contribution in [2.24, 2.45) is 0 Å². The summed E-state index contributed by atoms with van der Waals surface area (Å²) >= 11 is 12.0. The Balaban J connectivity index is 0.000000388. The molecule has 0 spiro atoms. The van der Waals surface area contributed by atoms with Crippen LogP contribution in [0.2, 0.25) is 0 Å². The molecule has 0 aromatic carbocycles. The van der Waals surface area contributed by atoms with Crippen molar-refractivity contribution in [2.45, 2.75) is 206 Å². The summed E-state index contributed by atoms with van der Waals surface area (Å²) in [5, 5.41) is 114. The third-order valence-electron chi connectivity index (χ3n) is 11.4. The SMILES string of the molecule is CC(=O)NC1C(O)C(C)OC(C)C1O.CC1CC(N(C)C)C(O)C(C)O1.CC1OC(CO)C(O)C(S)C1O.CC1OC(CO)C(S)C(O)C1O.CC1OC(CS)C(O)C(O)C1O. The standard InChI is InChI=1S/C9H17NO4.C9H19NO2.3C7H14O4S/c1-4-8(12)7(10-6(3)11)9(13)5(2)14-4;1-6-5-8(10(3)4)9(11)7(2)12-6;1-3-5(9)6(10)7(12)4(2-8)11-3;1-3-5(8)7(10)6(9)4(2-12)11-3;1-3-5(9)7(12)6(10)4(2-8)11-3/h4-5,7-9,12-13H,1-3H3,(H,10,11);6-9,11H,5H2,1-4H3;3*3-10,12H,2H2,1H3. The molecule has 0 bridgehead atoms. The topological polar surface area (TPSA) is 321 Å². The number of nitrogens with zero attached hydrogens (tertiary/aromatic N) is 1. The summed E-state index contributed by atoms with van der Waals surface area (Å²) in [6.45, 7) is 13.3. The lowest BCUT2D eigenvalue weighted by molar-refractivity contribution is -0.210. The summed E-state index contributed by atoms with van der Waals surface area (Å²) in [5.74, 6) is 0.0596. The predicted molar refractivity (Wildman–Crippen MR) is 236 cm³/mol. The number of thiol groups is 3. The highest BCUT2D eigenvalue weighted by Gasteiger charge is 2.43. The van der Waals surface area contributed by atoms with Gasteiger partial charge in [-0.2, -0.15) is 37.9 Å². The largest absolute Gasteiger partial charge is 0.394 e. The molecule has 5 aliphatic rings. The third kappa shape index (κ3) is 17.1. The smallest absolute Gasteiger partial charge is 0.217 e. The monoisotopic (exact) mass is 958 g/mol. The Hall–Kier alpha value is -0.200. The molecule has 0 aliphatic carbocycles. The van der Waals surface area contributed by atoms with E-state index in [0.29, 0.717) is 5.75 Å². The van der Waals surface area contributed by atoms with Gasteiger partial charge in [0, 0.05) is 18.7 Å². The van der Waals surface area contributed by atoms with Crippen LogP contribution in [0.4, 0.5) is 0 Å². The second-order valence-electron chi connectivity index (χ2n) is 16.8. The van der Waals surface area contributed by atoms with Gasteiger partial charge in [-0.1, -0.05) is 0 Å². The van der Waals surface area contributed by atoms with E-state index in [9.17, 15) is 55.9 Å². The van der Waals surface area contributed by atoms with E-state index in [1.54, 1.807) is 34.6 Å². The number of likely N-dealkylation sites (N-methyl/N-ethyl adjacent to an activating group) is 1. The van der Waals surface area contributed by atoms with Gasteiger partial charge in [-0.25, -0.2) is 0 Å². The number of hydrogen-bond acceptors (Lipinski definition) is 22. The Bertz CT molecular complexity index is 1150. The van der Waals surface area contributed by atoms with E-state index in [1.165, 1.54) is 6.92 Å². The molecule has 0 saturated carbocycles. The molecule has 5 aliphatic heterocycles. The van der Waals surface area contributed by atoms with Gasteiger partial charge < -0.3 is 95.2 Å². The van der Waals surface area contributed by atoms with Crippen molar-refractivity contribution >= 4 is 43.8 Å². The normalized spacial score (nSPS) is 46.8. The highest BCUT2D eigenvalue weighted by atomic mass is 32.1. The number of rotatable bonds is 5. The fraction of sp³-hybridized carbons (Fsp3) is 0.974. The number of amides is 1. The van der Waals surface area contributed by atoms with Gasteiger partial charge in [0.2, 0.25) is 5.91 Å². The van der Waals surface area contributed by atoms with Gasteiger partial charge in [-0.15, -0.1) is 0 Å². The first kappa shape index (κ1) is 59.8. The summed E-state index contributed by atoms with van der Waals surface area (Å²) in [6.07, 6.45) is -11.4. The second kappa shape index (κ2) is 28.2. The molecule has 5 heterocycles. The maximum absolute atomic E-state index is 10.8. The van der Waals surface area contributed by atoms with Crippen molar-refractivity contribution in [3.8, 4) is 0 Å². The van der Waals surface area contributed by atoms with Gasteiger partial charge in [0.25, 0.3) is 0 Å². The lowest BCUT2D eigenvalue weighted by Crippen LogP contribution is -2.62. The summed E-state index contributed by atoms with van der Waals surface area (Å²) in [6, 6.07) is -0.407. The van der Waals surface area contributed by atoms with Crippen molar-refractivity contribution in [3.63, 3.8) is 0 Å². The minimum atomic E-state index is -1.13. The maximum Gasteiger partial charge on any atom is 0.217 e. The van der Waals surface area contributed by atoms with Gasteiger partial charge in [0.05, 0.1) is 109 Å². The van der Waals surface area contributed by atoms with Crippen molar-refractivity contribution in [1.82, 2.24) is 10.2 Å².